The number of alkyl halides is 4. The molecule has 4 aliphatic carbocycles. The summed E-state index contributed by atoms with van der Waals surface area (Å²) in [5.41, 5.74) is -7.87. The molecule has 52 heavy (non-hydrogen) atoms. The third-order valence-corrected chi connectivity index (χ3v) is 11.0. The first kappa shape index (κ1) is 39.0. The lowest BCUT2D eigenvalue weighted by molar-refractivity contribution is -0.686. The largest absolute Gasteiger partial charge is 0.339 e. The molecular formula is C42H44BF8N. The molecule has 0 heterocycles. The Balaban J connectivity index is 0.000000233. The maximum atomic E-state index is 17.0. The summed E-state index contributed by atoms with van der Waals surface area (Å²) in [6.45, 7) is 6.60. The van der Waals surface area contributed by atoms with Gasteiger partial charge in [-0.1, -0.05) is 111 Å². The van der Waals surface area contributed by atoms with Gasteiger partial charge in [-0.3, -0.25) is 17.6 Å². The van der Waals surface area contributed by atoms with Crippen LogP contribution in [0.15, 0.2) is 145 Å². The third-order valence-electron chi connectivity index (χ3n) is 11.0. The quantitative estimate of drug-likeness (QED) is 0.186. The Labute approximate surface area is 300 Å². The van der Waals surface area contributed by atoms with E-state index in [1.54, 1.807) is 0 Å². The van der Waals surface area contributed by atoms with Crippen molar-refractivity contribution in [2.24, 2.45) is 0 Å². The monoisotopic (exact) mass is 725 g/mol. The third kappa shape index (κ3) is 7.36. The molecule has 0 aromatic heterocycles. The molecule has 276 valence electrons. The van der Waals surface area contributed by atoms with Crippen molar-refractivity contribution in [3.05, 3.63) is 167 Å². The smallest absolute Gasteiger partial charge is 0.183 e. The van der Waals surface area contributed by atoms with Gasteiger partial charge < -0.3 is 5.32 Å². The number of benzene rings is 2. The van der Waals surface area contributed by atoms with Crippen molar-refractivity contribution in [3.8, 4) is 0 Å². The Morgan fingerprint density at radius 2 is 0.750 bits per heavy atom. The number of halogens is 8. The summed E-state index contributed by atoms with van der Waals surface area (Å²) in [4.78, 5) is 0. The highest BCUT2D eigenvalue weighted by Gasteiger charge is 2.76. The van der Waals surface area contributed by atoms with Crippen molar-refractivity contribution < 1.29 is 40.4 Å². The summed E-state index contributed by atoms with van der Waals surface area (Å²) < 4.78 is 126. The molecule has 0 spiro atoms. The second kappa shape index (κ2) is 15.8. The van der Waals surface area contributed by atoms with Crippen molar-refractivity contribution in [1.29, 1.82) is 0 Å². The second-order valence-corrected chi connectivity index (χ2v) is 14.1. The van der Waals surface area contributed by atoms with Gasteiger partial charge in [0.15, 0.2) is 6.15 Å². The molecule has 2 aromatic carbocycles. The van der Waals surface area contributed by atoms with Crippen LogP contribution in [0.5, 0.6) is 0 Å². The zero-order valence-corrected chi connectivity index (χ0v) is 29.4. The average Bonchev–Trinajstić information content (AvgIpc) is 3.08. The molecule has 1 nitrogen and oxygen atoms in total. The summed E-state index contributed by atoms with van der Waals surface area (Å²) in [5.74, 6) is -4.59. The second-order valence-electron chi connectivity index (χ2n) is 14.1. The molecule has 2 aromatic rings. The Morgan fingerprint density at radius 1 is 0.481 bits per heavy atom. The predicted molar refractivity (Wildman–Crippen MR) is 194 cm³/mol. The Bertz CT molecular complexity index is 1650. The maximum Gasteiger partial charge on any atom is 0.183 e. The van der Waals surface area contributed by atoms with Gasteiger partial charge in [-0.25, -0.2) is 17.6 Å². The number of quaternary nitrogens is 1. The molecule has 0 bridgehead atoms. The molecule has 0 saturated heterocycles. The fraction of sp³-hybridized carbons (Fsp3) is 0.333. The summed E-state index contributed by atoms with van der Waals surface area (Å²) in [7, 11) is 0. The van der Waals surface area contributed by atoms with E-state index in [1.807, 2.05) is 0 Å². The van der Waals surface area contributed by atoms with Crippen LogP contribution in [-0.2, 0) is 25.9 Å². The van der Waals surface area contributed by atoms with E-state index in [-0.39, 0.29) is 0 Å². The molecule has 4 atom stereocenters. The van der Waals surface area contributed by atoms with Gasteiger partial charge in [-0.15, -0.1) is 0 Å². The number of hydrogen-bond donors (Lipinski definition) is 1. The first-order chi connectivity index (χ1) is 24.8. The molecule has 0 aliphatic heterocycles. The summed E-state index contributed by atoms with van der Waals surface area (Å²) >= 11 is 0. The molecule has 10 heteroatoms. The van der Waals surface area contributed by atoms with E-state index < -0.39 is 77.4 Å². The molecule has 0 radical (unpaired) electrons. The van der Waals surface area contributed by atoms with E-state index in [9.17, 15) is 17.6 Å². The Kier molecular flexibility index (Phi) is 11.9. The van der Waals surface area contributed by atoms with Crippen molar-refractivity contribution >= 4 is 6.15 Å². The zero-order chi connectivity index (χ0) is 37.6. The standard InChI is InChI=1S/C24H20BF8.C18H23N/c26-17-5-1-9-21(30,13-17)25(22(31)10-2-6-18(27)14-22,23(32)11-3-7-19(28)15-23)24(33)12-4-8-20(29)16-24;1-3-15-9-5-7-11-17(15)13-19-14-18-12-8-6-10-16(18)4-2/h1-12H,13-16H2;5-12,19H,3-4,13-14H2,1-2H3/q-1;/p+1. The van der Waals surface area contributed by atoms with Crippen LogP contribution in [0, 0.1) is 0 Å². The lowest BCUT2D eigenvalue weighted by atomic mass is 8.99. The van der Waals surface area contributed by atoms with Crippen LogP contribution in [-0.4, -0.2) is 28.4 Å². The van der Waals surface area contributed by atoms with Gasteiger partial charge in [-0.2, -0.15) is 0 Å². The molecule has 4 unspecified atom stereocenters. The van der Waals surface area contributed by atoms with Crippen LogP contribution in [0.4, 0.5) is 35.1 Å². The fourth-order valence-corrected chi connectivity index (χ4v) is 8.93. The van der Waals surface area contributed by atoms with Crippen molar-refractivity contribution in [2.75, 3.05) is 0 Å². The molecule has 0 fully saturated rings. The highest BCUT2D eigenvalue weighted by molar-refractivity contribution is 6.92. The summed E-state index contributed by atoms with van der Waals surface area (Å²) in [6, 6.07) is 17.5. The number of hydrogen-bond acceptors (Lipinski definition) is 0. The van der Waals surface area contributed by atoms with Crippen molar-refractivity contribution in [3.63, 3.8) is 0 Å². The van der Waals surface area contributed by atoms with Crippen molar-refractivity contribution in [1.82, 2.24) is 0 Å². The fourth-order valence-electron chi connectivity index (χ4n) is 8.93. The van der Waals surface area contributed by atoms with Crippen LogP contribution in [0.25, 0.3) is 0 Å². The average molecular weight is 726 g/mol. The van der Waals surface area contributed by atoms with Gasteiger partial charge in [0, 0.05) is 59.1 Å². The highest BCUT2D eigenvalue weighted by Crippen LogP contribution is 2.62. The minimum atomic E-state index is -4.72. The summed E-state index contributed by atoms with van der Waals surface area (Å²) in [6.07, 6.45) is 1.50. The van der Waals surface area contributed by atoms with Crippen LogP contribution >= 0.6 is 0 Å². The van der Waals surface area contributed by atoms with Crippen molar-refractivity contribution in [2.45, 2.75) is 87.7 Å². The van der Waals surface area contributed by atoms with Crippen LogP contribution < -0.4 is 5.32 Å². The highest BCUT2D eigenvalue weighted by atomic mass is 19.2. The normalized spacial score (nSPS) is 29.3. The van der Waals surface area contributed by atoms with E-state index in [1.165, 1.54) is 22.3 Å². The molecule has 6 rings (SSSR count). The van der Waals surface area contributed by atoms with Crippen LogP contribution in [0.1, 0.15) is 61.8 Å². The van der Waals surface area contributed by atoms with E-state index >= 15 is 17.6 Å². The van der Waals surface area contributed by atoms with Gasteiger partial charge in [-0.05, 0) is 48.3 Å². The SMILES string of the molecule is CCc1ccccc1C[NH2+]Cc1ccccc1CC.FC1=CC=CC(F)([B-](C2(F)C=CC=C(F)C2)(C2(F)C=CC=C(F)C2)C2(F)C=CC=C(F)C2)C1. The lowest BCUT2D eigenvalue weighted by Crippen LogP contribution is -2.86. The molecule has 0 saturated carbocycles. The lowest BCUT2D eigenvalue weighted by Gasteiger charge is -2.68. The molecular weight excluding hydrogens is 681 g/mol. The maximum absolute atomic E-state index is 17.0. The van der Waals surface area contributed by atoms with Gasteiger partial charge in [0.1, 0.15) is 13.1 Å². The number of aryl methyl sites for hydroxylation is 2. The van der Waals surface area contributed by atoms with E-state index in [2.05, 4.69) is 67.7 Å². The van der Waals surface area contributed by atoms with Gasteiger partial charge >= 0.3 is 0 Å². The van der Waals surface area contributed by atoms with Gasteiger partial charge in [0.25, 0.3) is 0 Å². The summed E-state index contributed by atoms with van der Waals surface area (Å²) in [5, 5.41) is 2.41. The van der Waals surface area contributed by atoms with E-state index in [4.69, 9.17) is 0 Å². The zero-order valence-electron chi connectivity index (χ0n) is 29.4. The molecule has 0 amide bonds. The molecule has 4 aliphatic rings. The van der Waals surface area contributed by atoms with E-state index in [0.29, 0.717) is 24.3 Å². The Morgan fingerprint density at radius 3 is 1.00 bits per heavy atom. The number of nitrogens with two attached hydrogens (primary N) is 1. The van der Waals surface area contributed by atoms with Gasteiger partial charge in [0.05, 0.1) is 23.3 Å². The first-order valence-electron chi connectivity index (χ1n) is 17.8. The number of rotatable bonds is 10. The van der Waals surface area contributed by atoms with Gasteiger partial charge in [0.2, 0.25) is 0 Å². The minimum absolute atomic E-state index is 0.609. The van der Waals surface area contributed by atoms with E-state index in [0.717, 1.165) is 74.5 Å². The minimum Gasteiger partial charge on any atom is -0.339 e. The van der Waals surface area contributed by atoms with Crippen LogP contribution in [0.3, 0.4) is 0 Å². The topological polar surface area (TPSA) is 16.6 Å². The molecule has 2 N–H and O–H groups in total. The number of allylic oxidation sites excluding steroid dienone is 16. The first-order valence-corrected chi connectivity index (χ1v) is 17.8. The van der Waals surface area contributed by atoms with Crippen LogP contribution in [0.2, 0.25) is 0 Å². The predicted octanol–water partition coefficient (Wildman–Crippen LogP) is 10.8. The Hall–Kier alpha value is -4.18.